The van der Waals surface area contributed by atoms with Crippen LogP contribution in [0.1, 0.15) is 23.7 Å². The van der Waals surface area contributed by atoms with Crippen molar-refractivity contribution >= 4 is 35.1 Å². The number of benzene rings is 1. The van der Waals surface area contributed by atoms with E-state index in [1.165, 1.54) is 11.8 Å². The molecule has 1 aromatic carbocycles. The summed E-state index contributed by atoms with van der Waals surface area (Å²) in [7, 11) is 0. The highest BCUT2D eigenvalue weighted by molar-refractivity contribution is 8.00. The fraction of sp³-hybridized carbons (Fsp3) is 0.312. The summed E-state index contributed by atoms with van der Waals surface area (Å²) in [6.07, 6.45) is 0. The number of thioether (sulfide) groups is 2. The molecule has 2 N–H and O–H groups in total. The van der Waals surface area contributed by atoms with Crippen molar-refractivity contribution in [1.29, 1.82) is 0 Å². The van der Waals surface area contributed by atoms with E-state index in [4.69, 9.17) is 0 Å². The molecule has 2 aromatic rings. The molecule has 1 aromatic heterocycles. The monoisotopic (exact) mass is 347 g/mol. The Hall–Kier alpha value is -1.73. The van der Waals surface area contributed by atoms with Gasteiger partial charge in [-0.05, 0) is 31.5 Å². The van der Waals surface area contributed by atoms with E-state index in [-0.39, 0.29) is 16.7 Å². The van der Waals surface area contributed by atoms with Crippen molar-refractivity contribution in [3.05, 3.63) is 51.4 Å². The van der Waals surface area contributed by atoms with Crippen LogP contribution in [0.5, 0.6) is 0 Å². The fourth-order valence-corrected chi connectivity index (χ4v) is 4.13. The number of hydrogen-bond acceptors (Lipinski definition) is 5. The van der Waals surface area contributed by atoms with Gasteiger partial charge in [0.15, 0.2) is 5.16 Å². The number of H-pyrrole nitrogens is 1. The molecule has 0 bridgehead atoms. The molecule has 0 spiro atoms. The van der Waals surface area contributed by atoms with Crippen LogP contribution in [-0.4, -0.2) is 21.1 Å². The maximum atomic E-state index is 12.3. The van der Waals surface area contributed by atoms with E-state index in [0.29, 0.717) is 10.9 Å². The van der Waals surface area contributed by atoms with Crippen LogP contribution in [0.2, 0.25) is 0 Å². The van der Waals surface area contributed by atoms with E-state index in [9.17, 15) is 9.59 Å². The second-order valence-corrected chi connectivity index (χ2v) is 7.72. The van der Waals surface area contributed by atoms with E-state index in [0.717, 1.165) is 28.3 Å². The molecule has 23 heavy (non-hydrogen) atoms. The highest BCUT2D eigenvalue weighted by atomic mass is 32.2. The number of carbonyl (C=O) groups excluding carboxylic acids is 1. The minimum atomic E-state index is -0.356. The lowest BCUT2D eigenvalue weighted by Crippen LogP contribution is -2.23. The molecule has 1 aliphatic heterocycles. The highest BCUT2D eigenvalue weighted by Crippen LogP contribution is 2.28. The van der Waals surface area contributed by atoms with Gasteiger partial charge in [-0.25, -0.2) is 4.98 Å². The number of nitrogens with one attached hydrogen (secondary N) is 2. The van der Waals surface area contributed by atoms with Crippen molar-refractivity contribution in [1.82, 2.24) is 9.97 Å². The van der Waals surface area contributed by atoms with E-state index >= 15 is 0 Å². The maximum absolute atomic E-state index is 12.3. The van der Waals surface area contributed by atoms with Crippen LogP contribution in [0.25, 0.3) is 0 Å². The number of fused-ring (bicyclic) bond motifs is 1. The third-order valence-corrected chi connectivity index (χ3v) is 5.46. The summed E-state index contributed by atoms with van der Waals surface area (Å²) in [6, 6.07) is 7.65. The topological polar surface area (TPSA) is 74.8 Å². The van der Waals surface area contributed by atoms with Crippen molar-refractivity contribution in [2.75, 3.05) is 5.32 Å². The molecular weight excluding hydrogens is 330 g/mol. The summed E-state index contributed by atoms with van der Waals surface area (Å²) < 4.78 is 0. The van der Waals surface area contributed by atoms with Gasteiger partial charge >= 0.3 is 0 Å². The van der Waals surface area contributed by atoms with Crippen molar-refractivity contribution in [2.45, 2.75) is 35.8 Å². The van der Waals surface area contributed by atoms with Crippen molar-refractivity contribution < 1.29 is 4.79 Å². The van der Waals surface area contributed by atoms with Crippen LogP contribution < -0.4 is 10.9 Å². The molecule has 0 aliphatic carbocycles. The highest BCUT2D eigenvalue weighted by Gasteiger charge is 2.21. The molecule has 3 rings (SSSR count). The normalized spacial score (nSPS) is 14.3. The predicted molar refractivity (Wildman–Crippen MR) is 95.0 cm³/mol. The Labute approximate surface area is 142 Å². The van der Waals surface area contributed by atoms with Crippen LogP contribution >= 0.6 is 23.5 Å². The number of amides is 1. The molecule has 7 heteroatoms. The second-order valence-electron chi connectivity index (χ2n) is 5.41. The van der Waals surface area contributed by atoms with Crippen molar-refractivity contribution in [3.63, 3.8) is 0 Å². The maximum Gasteiger partial charge on any atom is 0.255 e. The van der Waals surface area contributed by atoms with Crippen molar-refractivity contribution in [2.24, 2.45) is 0 Å². The van der Waals surface area contributed by atoms with Crippen LogP contribution in [-0.2, 0) is 16.3 Å². The van der Waals surface area contributed by atoms with Gasteiger partial charge in [0.1, 0.15) is 0 Å². The third-order valence-electron chi connectivity index (χ3n) is 3.51. The van der Waals surface area contributed by atoms with Gasteiger partial charge in [0.25, 0.3) is 5.56 Å². The number of aromatic amines is 1. The van der Waals surface area contributed by atoms with Gasteiger partial charge < -0.3 is 10.3 Å². The molecule has 0 saturated heterocycles. The first-order valence-electron chi connectivity index (χ1n) is 7.27. The zero-order valence-corrected chi connectivity index (χ0v) is 14.5. The molecule has 2 heterocycles. The lowest BCUT2D eigenvalue weighted by molar-refractivity contribution is -0.115. The molecule has 1 aliphatic rings. The Morgan fingerprint density at radius 3 is 3.04 bits per heavy atom. The molecule has 0 radical (unpaired) electrons. The molecule has 0 saturated carbocycles. The van der Waals surface area contributed by atoms with Crippen LogP contribution in [0, 0.1) is 6.92 Å². The van der Waals surface area contributed by atoms with E-state index in [1.54, 1.807) is 18.7 Å². The Bertz CT molecular complexity index is 804. The summed E-state index contributed by atoms with van der Waals surface area (Å²) >= 11 is 2.95. The zero-order valence-electron chi connectivity index (χ0n) is 12.9. The Balaban J connectivity index is 1.69. The number of aromatic nitrogens is 2. The first-order chi connectivity index (χ1) is 11.0. The van der Waals surface area contributed by atoms with Gasteiger partial charge in [-0.15, -0.1) is 0 Å². The smallest absolute Gasteiger partial charge is 0.255 e. The number of anilines is 1. The lowest BCUT2D eigenvalue weighted by Gasteiger charge is -2.12. The Morgan fingerprint density at radius 1 is 1.43 bits per heavy atom. The standard InChI is InChI=1S/C16H17N3O2S2/c1-9-4-3-5-11(6-9)17-14(20)10(2)23-16-18-13-8-22-7-12(13)15(21)19-16/h3-6,10H,7-8H2,1-2H3,(H,17,20)(H,18,19,21). The van der Waals surface area contributed by atoms with Gasteiger partial charge in [-0.2, -0.15) is 11.8 Å². The molecule has 5 nitrogen and oxygen atoms in total. The number of carbonyl (C=O) groups is 1. The van der Waals surface area contributed by atoms with Gasteiger partial charge in [0, 0.05) is 22.8 Å². The van der Waals surface area contributed by atoms with Crippen molar-refractivity contribution in [3.8, 4) is 0 Å². The van der Waals surface area contributed by atoms with E-state index in [2.05, 4.69) is 15.3 Å². The van der Waals surface area contributed by atoms with Crippen LogP contribution in [0.3, 0.4) is 0 Å². The van der Waals surface area contributed by atoms with Gasteiger partial charge in [0.05, 0.1) is 10.9 Å². The van der Waals surface area contributed by atoms with Gasteiger partial charge in [-0.3, -0.25) is 9.59 Å². The second kappa shape index (κ2) is 6.80. The molecule has 120 valence electrons. The quantitative estimate of drug-likeness (QED) is 0.657. The summed E-state index contributed by atoms with van der Waals surface area (Å²) in [5.41, 5.74) is 3.37. The number of nitrogens with zero attached hydrogens (tertiary/aromatic N) is 1. The zero-order chi connectivity index (χ0) is 16.4. The van der Waals surface area contributed by atoms with Gasteiger partial charge in [0.2, 0.25) is 5.91 Å². The minimum absolute atomic E-state index is 0.0891. The average molecular weight is 347 g/mol. The molecule has 1 atom stereocenters. The van der Waals surface area contributed by atoms with E-state index < -0.39 is 0 Å². The van der Waals surface area contributed by atoms with Crippen LogP contribution in [0.4, 0.5) is 5.69 Å². The van der Waals surface area contributed by atoms with E-state index in [1.807, 2.05) is 31.2 Å². The Kier molecular flexibility index (Phi) is 4.77. The van der Waals surface area contributed by atoms with Crippen LogP contribution in [0.15, 0.2) is 34.2 Å². The SMILES string of the molecule is Cc1cccc(NC(=O)C(C)Sc2nc3c(c(=O)[nH]2)CSC3)c1. The summed E-state index contributed by atoms with van der Waals surface area (Å²) in [6.45, 7) is 3.78. The molecule has 1 unspecified atom stereocenters. The molecular formula is C16H17N3O2S2. The largest absolute Gasteiger partial charge is 0.325 e. The number of aryl methyl sites for hydroxylation is 1. The first-order valence-corrected chi connectivity index (χ1v) is 9.30. The lowest BCUT2D eigenvalue weighted by atomic mass is 10.2. The molecule has 1 amide bonds. The van der Waals surface area contributed by atoms with Gasteiger partial charge in [-0.1, -0.05) is 23.9 Å². The average Bonchev–Trinajstić information content (AvgIpc) is 2.96. The fourth-order valence-electron chi connectivity index (χ4n) is 2.28. The summed E-state index contributed by atoms with van der Waals surface area (Å²) in [4.78, 5) is 31.5. The number of rotatable bonds is 4. The first kappa shape index (κ1) is 16.1. The summed E-state index contributed by atoms with van der Waals surface area (Å²) in [5.74, 6) is 1.36. The summed E-state index contributed by atoms with van der Waals surface area (Å²) in [5, 5.41) is 3.03. The molecule has 0 fully saturated rings. The number of hydrogen-bond donors (Lipinski definition) is 2. The Morgan fingerprint density at radius 2 is 2.26 bits per heavy atom. The minimum Gasteiger partial charge on any atom is -0.325 e. The third kappa shape index (κ3) is 3.79. The predicted octanol–water partition coefficient (Wildman–Crippen LogP) is 2.94.